The molecule has 0 aliphatic heterocycles. The Labute approximate surface area is 175 Å². The summed E-state index contributed by atoms with van der Waals surface area (Å²) in [5, 5.41) is 1.62. The van der Waals surface area contributed by atoms with Gasteiger partial charge in [-0.3, -0.25) is 0 Å². The summed E-state index contributed by atoms with van der Waals surface area (Å²) >= 11 is -2.75. The Kier molecular flexibility index (Phi) is 6.49. The molecule has 4 heteroatoms. The van der Waals surface area contributed by atoms with E-state index in [1.54, 1.807) is 5.17 Å². The first-order valence-corrected chi connectivity index (χ1v) is 22.5. The third kappa shape index (κ3) is 3.64. The summed E-state index contributed by atoms with van der Waals surface area (Å²) in [5.41, 5.74) is 8.50. The molecule has 137 valence electrons. The molecule has 0 fully saturated rings. The van der Waals surface area contributed by atoms with Crippen molar-refractivity contribution in [3.8, 4) is 0 Å². The van der Waals surface area contributed by atoms with Crippen LogP contribution in [0.2, 0.25) is 13.1 Å². The zero-order chi connectivity index (χ0) is 19.2. The Hall–Kier alpha value is -0.0230. The number of hydrogen-bond donors (Lipinski definition) is 0. The van der Waals surface area contributed by atoms with E-state index in [2.05, 4.69) is 71.2 Å². The normalized spacial score (nSPS) is 22.6. The Morgan fingerprint density at radius 3 is 2.38 bits per heavy atom. The Balaban J connectivity index is 2.33. The second-order valence-corrected chi connectivity index (χ2v) is 21.9. The molecule has 0 bridgehead atoms. The van der Waals surface area contributed by atoms with E-state index >= 15 is 0 Å². The fourth-order valence-electron chi connectivity index (χ4n) is 4.27. The Morgan fingerprint density at radius 1 is 1.19 bits per heavy atom. The van der Waals surface area contributed by atoms with E-state index in [9.17, 15) is 0 Å². The zero-order valence-corrected chi connectivity index (χ0v) is 22.6. The SMILES string of the molecule is CC1=[C]([Hf]([Cl])[Cl])C2=CC(C(C)C)=CC(=[Si](C)C)C(C)C2=C1C1=CC=CC1. The molecule has 0 spiro atoms. The van der Waals surface area contributed by atoms with E-state index in [0.29, 0.717) is 11.8 Å². The molecule has 0 aromatic carbocycles. The van der Waals surface area contributed by atoms with Crippen molar-refractivity contribution in [2.24, 2.45) is 11.8 Å². The van der Waals surface area contributed by atoms with Gasteiger partial charge in [-0.15, -0.1) is 0 Å². The number of allylic oxidation sites excluding steroid dienone is 12. The van der Waals surface area contributed by atoms with Crippen molar-refractivity contribution in [2.75, 3.05) is 0 Å². The molecule has 0 aromatic heterocycles. The summed E-state index contributed by atoms with van der Waals surface area (Å²) < 4.78 is 1.32. The number of halogens is 2. The van der Waals surface area contributed by atoms with Crippen molar-refractivity contribution in [2.45, 2.75) is 47.2 Å². The zero-order valence-electron chi connectivity index (χ0n) is 16.5. The monoisotopic (exact) mass is 569 g/mol. The van der Waals surface area contributed by atoms with Crippen LogP contribution in [0.1, 0.15) is 34.1 Å². The maximum absolute atomic E-state index is 6.70. The van der Waals surface area contributed by atoms with Gasteiger partial charge in [0.15, 0.2) is 0 Å². The summed E-state index contributed by atoms with van der Waals surface area (Å²) in [4.78, 5) is 0. The maximum atomic E-state index is 6.70. The summed E-state index contributed by atoms with van der Waals surface area (Å²) in [6.45, 7) is 14.0. The van der Waals surface area contributed by atoms with E-state index in [4.69, 9.17) is 17.2 Å². The molecule has 1 unspecified atom stereocenters. The molecule has 0 aromatic rings. The third-order valence-corrected chi connectivity index (χ3v) is 14.1. The standard InChI is InChI=1S/C22H27Si.2ClH.Hf/c1-14(2)18-12-19-11-15(3)21(17-9-7-8-10-17)22(19)16(4)20(13-18)23(5)6;;;/h7-9,12-14,16H,10H2,1-6H3;2*1H;/q;;;+2/p-2. The average molecular weight is 569 g/mol. The molecule has 0 amide bonds. The average Bonchev–Trinajstić information content (AvgIpc) is 3.12. The topological polar surface area (TPSA) is 0 Å². The van der Waals surface area contributed by atoms with Crippen molar-refractivity contribution in [1.82, 2.24) is 0 Å². The van der Waals surface area contributed by atoms with Gasteiger partial charge < -0.3 is 0 Å². The van der Waals surface area contributed by atoms with Crippen LogP contribution in [-0.4, -0.2) is 13.6 Å². The molecule has 0 saturated heterocycles. The third-order valence-electron chi connectivity index (χ3n) is 5.64. The first-order chi connectivity index (χ1) is 12.2. The fourth-order valence-corrected chi connectivity index (χ4v) is 12.7. The van der Waals surface area contributed by atoms with Crippen molar-refractivity contribution in [3.05, 3.63) is 67.1 Å². The molecule has 0 N–H and O–H groups in total. The van der Waals surface area contributed by atoms with Gasteiger partial charge in [0, 0.05) is 0 Å². The van der Waals surface area contributed by atoms with E-state index in [1.807, 2.05) is 0 Å². The summed E-state index contributed by atoms with van der Waals surface area (Å²) in [5.74, 6) is 0.937. The Morgan fingerprint density at radius 2 is 1.88 bits per heavy atom. The predicted molar refractivity (Wildman–Crippen MR) is 116 cm³/mol. The quantitative estimate of drug-likeness (QED) is 0.320. The molecule has 3 aliphatic rings. The summed E-state index contributed by atoms with van der Waals surface area (Å²) in [6, 6.07) is 0. The van der Waals surface area contributed by atoms with Gasteiger partial charge in [-0.1, -0.05) is 0 Å². The first-order valence-electron chi connectivity index (χ1n) is 9.35. The van der Waals surface area contributed by atoms with Crippen molar-refractivity contribution >= 4 is 30.7 Å². The minimum atomic E-state index is -2.75. The van der Waals surface area contributed by atoms with Crippen molar-refractivity contribution in [1.29, 1.82) is 0 Å². The second-order valence-electron chi connectivity index (χ2n) is 7.91. The van der Waals surface area contributed by atoms with Crippen LogP contribution in [0.4, 0.5) is 0 Å². The van der Waals surface area contributed by atoms with Crippen molar-refractivity contribution < 1.29 is 19.1 Å². The van der Waals surface area contributed by atoms with Crippen molar-refractivity contribution in [3.63, 3.8) is 0 Å². The molecule has 0 radical (unpaired) electrons. The second kappa shape index (κ2) is 8.15. The molecule has 0 nitrogen and oxygen atoms in total. The molecule has 1 atom stereocenters. The predicted octanol–water partition coefficient (Wildman–Crippen LogP) is 7.05. The van der Waals surface area contributed by atoms with Gasteiger partial charge in [0.05, 0.1) is 0 Å². The summed E-state index contributed by atoms with van der Waals surface area (Å²) in [7, 11) is 12.9. The Bertz CT molecular complexity index is 857. The molecule has 0 saturated carbocycles. The molecule has 3 aliphatic carbocycles. The van der Waals surface area contributed by atoms with Crippen LogP contribution in [0.5, 0.6) is 0 Å². The van der Waals surface area contributed by atoms with Crippen LogP contribution in [0.3, 0.4) is 0 Å². The van der Waals surface area contributed by atoms with Crippen LogP contribution in [0.25, 0.3) is 0 Å². The van der Waals surface area contributed by atoms with Crippen LogP contribution in [0.15, 0.2) is 67.1 Å². The first kappa shape index (κ1) is 20.7. The molecule has 26 heavy (non-hydrogen) atoms. The van der Waals surface area contributed by atoms with Crippen LogP contribution in [-0.2, 0) is 19.1 Å². The number of hydrogen-bond acceptors (Lipinski definition) is 0. The van der Waals surface area contributed by atoms with E-state index in [0.717, 1.165) is 6.42 Å². The van der Waals surface area contributed by atoms with Gasteiger partial charge in [-0.05, 0) is 0 Å². The molecular weight excluding hydrogens is 542 g/mol. The van der Waals surface area contributed by atoms with E-state index < -0.39 is 27.5 Å². The van der Waals surface area contributed by atoms with E-state index in [-0.39, 0.29) is 0 Å². The van der Waals surface area contributed by atoms with Gasteiger partial charge >= 0.3 is 176 Å². The number of rotatable bonds is 3. The fraction of sp³-hybridized carbons (Fsp3) is 0.409. The molecular formula is C22H27Cl2HfSi. The van der Waals surface area contributed by atoms with Gasteiger partial charge in [-0.25, -0.2) is 0 Å². The number of fused-ring (bicyclic) bond motifs is 1. The minimum absolute atomic E-state index is 0.434. The molecule has 3 rings (SSSR count). The van der Waals surface area contributed by atoms with Crippen LogP contribution >= 0.6 is 17.2 Å². The summed E-state index contributed by atoms with van der Waals surface area (Å²) in [6.07, 6.45) is 12.6. The van der Waals surface area contributed by atoms with Gasteiger partial charge in [-0.2, -0.15) is 0 Å². The van der Waals surface area contributed by atoms with E-state index in [1.165, 1.54) is 36.8 Å². The van der Waals surface area contributed by atoms with Gasteiger partial charge in [0.2, 0.25) is 0 Å². The van der Waals surface area contributed by atoms with Crippen LogP contribution in [0, 0.1) is 11.8 Å². The van der Waals surface area contributed by atoms with Crippen LogP contribution < -0.4 is 0 Å². The van der Waals surface area contributed by atoms with Gasteiger partial charge in [0.25, 0.3) is 0 Å². The van der Waals surface area contributed by atoms with Gasteiger partial charge in [0.1, 0.15) is 0 Å². The molecule has 0 heterocycles.